The second kappa shape index (κ2) is 13.5. The molecule has 0 unspecified atom stereocenters. The summed E-state index contributed by atoms with van der Waals surface area (Å²) < 4.78 is 4.87. The lowest BCUT2D eigenvalue weighted by Gasteiger charge is -2.26. The van der Waals surface area contributed by atoms with Crippen LogP contribution >= 0.6 is 11.3 Å². The number of nitrogens with zero attached hydrogens (tertiary/aromatic N) is 5. The third-order valence-corrected chi connectivity index (χ3v) is 12.5. The zero-order chi connectivity index (χ0) is 38.9. The molecule has 3 aromatic heterocycles. The van der Waals surface area contributed by atoms with Gasteiger partial charge in [0.25, 0.3) is 0 Å². The monoisotopic (exact) mass is 771 g/mol. The first-order chi connectivity index (χ1) is 29.2. The Morgan fingerprint density at radius 1 is 0.373 bits per heavy atom. The molecule has 6 heteroatoms. The molecule has 0 saturated heterocycles. The summed E-state index contributed by atoms with van der Waals surface area (Å²) in [5.41, 5.74) is 11.9. The lowest BCUT2D eigenvalue weighted by molar-refractivity contribution is 1.02. The molecule has 0 radical (unpaired) electrons. The van der Waals surface area contributed by atoms with Crippen molar-refractivity contribution in [1.29, 1.82) is 0 Å². The Balaban J connectivity index is 1.07. The van der Waals surface area contributed by atoms with Gasteiger partial charge in [-0.3, -0.25) is 4.90 Å². The Kier molecular flexibility index (Phi) is 7.64. The van der Waals surface area contributed by atoms with E-state index in [-0.39, 0.29) is 0 Å². The van der Waals surface area contributed by atoms with E-state index in [1.807, 2.05) is 47.7 Å². The maximum Gasteiger partial charge on any atom is 0.238 e. The summed E-state index contributed by atoms with van der Waals surface area (Å²) in [5, 5.41) is 4.91. The molecular formula is C53H33N5S. The predicted molar refractivity (Wildman–Crippen MR) is 247 cm³/mol. The number of benzene rings is 8. The molecular weight excluding hydrogens is 739 g/mol. The fourth-order valence-corrected chi connectivity index (χ4v) is 9.74. The zero-order valence-corrected chi connectivity index (χ0v) is 32.5. The van der Waals surface area contributed by atoms with Crippen LogP contribution in [0.2, 0.25) is 0 Å². The van der Waals surface area contributed by atoms with Crippen LogP contribution in [0.25, 0.3) is 93.7 Å². The van der Waals surface area contributed by atoms with Crippen LogP contribution in [0.1, 0.15) is 11.1 Å². The van der Waals surface area contributed by atoms with Gasteiger partial charge in [0.15, 0.2) is 11.6 Å². The van der Waals surface area contributed by atoms with Gasteiger partial charge in [-0.25, -0.2) is 4.98 Å². The smallest absolute Gasteiger partial charge is 0.238 e. The van der Waals surface area contributed by atoms with Crippen LogP contribution < -0.4 is 4.90 Å². The van der Waals surface area contributed by atoms with E-state index in [1.165, 1.54) is 42.0 Å². The van der Waals surface area contributed by atoms with Gasteiger partial charge in [-0.1, -0.05) is 140 Å². The average Bonchev–Trinajstić information content (AvgIpc) is 3.78. The zero-order valence-electron chi connectivity index (χ0n) is 31.7. The van der Waals surface area contributed by atoms with Crippen LogP contribution in [0.3, 0.4) is 0 Å². The molecule has 11 aromatic rings. The Labute approximate surface area is 344 Å². The summed E-state index contributed by atoms with van der Waals surface area (Å²) in [6.07, 6.45) is 4.49. The number of thiophene rings is 1. The molecule has 0 spiro atoms. The molecule has 0 amide bonds. The molecule has 0 bridgehead atoms. The minimum Gasteiger partial charge on any atom is -0.309 e. The molecule has 0 aliphatic carbocycles. The summed E-state index contributed by atoms with van der Waals surface area (Å²) in [4.78, 5) is 17.8. The van der Waals surface area contributed by atoms with Gasteiger partial charge >= 0.3 is 0 Å². The number of hydrogen-bond donors (Lipinski definition) is 0. The van der Waals surface area contributed by atoms with E-state index < -0.39 is 0 Å². The number of para-hydroxylation sites is 2. The molecule has 0 fully saturated rings. The summed E-state index contributed by atoms with van der Waals surface area (Å²) in [5.74, 6) is 1.80. The fraction of sp³-hybridized carbons (Fsp3) is 0. The number of hydrogen-bond acceptors (Lipinski definition) is 5. The lowest BCUT2D eigenvalue weighted by Crippen LogP contribution is -2.16. The number of rotatable bonds is 5. The van der Waals surface area contributed by atoms with Crippen LogP contribution in [0.5, 0.6) is 0 Å². The molecule has 12 rings (SSSR count). The van der Waals surface area contributed by atoms with Crippen LogP contribution in [-0.4, -0.2) is 19.5 Å². The van der Waals surface area contributed by atoms with Crippen LogP contribution in [0.4, 0.5) is 17.3 Å². The second-order valence-electron chi connectivity index (χ2n) is 14.9. The molecule has 0 atom stereocenters. The minimum absolute atomic E-state index is 0.561. The third kappa shape index (κ3) is 5.57. The first-order valence-corrected chi connectivity index (χ1v) is 20.6. The van der Waals surface area contributed by atoms with Crippen molar-refractivity contribution in [3.8, 4) is 39.6 Å². The molecule has 1 aliphatic rings. The lowest BCUT2D eigenvalue weighted by atomic mass is 9.99. The standard InChI is InChI=1S/C53H33N5S/c1-4-14-34(15-5-1)51-54-52(35-16-6-2-7-17-35)56-53(55-51)58-45-28-26-36(30-38(45)24-25-39-32-50-44(33-48(39)58)42-21-11-13-23-49(42)59-50)37-27-29-47-43(31-37)41-20-10-12-22-46(41)57(47)40-18-8-3-9-19-40/h1-33H. The van der Waals surface area contributed by atoms with E-state index in [0.717, 1.165) is 50.4 Å². The first-order valence-electron chi connectivity index (χ1n) is 19.8. The van der Waals surface area contributed by atoms with E-state index in [2.05, 4.69) is 173 Å². The van der Waals surface area contributed by atoms with Crippen LogP contribution in [0.15, 0.2) is 188 Å². The SMILES string of the molecule is C1=Cc2cc3sc4ccccc4c3cc2N(c2nc(-c3ccccc3)nc(-c3ccccc3)n2)c2ccc(-c3ccc4c(c3)c3ccccc3n4-c3ccccc3)cc21. The minimum atomic E-state index is 0.561. The molecule has 5 nitrogen and oxygen atoms in total. The Morgan fingerprint density at radius 2 is 0.966 bits per heavy atom. The van der Waals surface area contributed by atoms with Crippen molar-refractivity contribution in [2.75, 3.05) is 4.90 Å². The maximum atomic E-state index is 5.27. The molecule has 0 N–H and O–H groups in total. The van der Waals surface area contributed by atoms with Gasteiger partial charge in [0.2, 0.25) is 5.95 Å². The molecule has 276 valence electrons. The van der Waals surface area contributed by atoms with Crippen molar-refractivity contribution in [2.45, 2.75) is 0 Å². The fourth-order valence-electron chi connectivity index (χ4n) is 8.60. The van der Waals surface area contributed by atoms with Gasteiger partial charge in [-0.15, -0.1) is 11.3 Å². The summed E-state index contributed by atoms with van der Waals surface area (Å²) in [6.45, 7) is 0. The number of anilines is 3. The van der Waals surface area contributed by atoms with E-state index in [9.17, 15) is 0 Å². The van der Waals surface area contributed by atoms with E-state index in [4.69, 9.17) is 15.0 Å². The van der Waals surface area contributed by atoms with Crippen molar-refractivity contribution in [3.05, 3.63) is 199 Å². The van der Waals surface area contributed by atoms with E-state index in [1.54, 1.807) is 0 Å². The van der Waals surface area contributed by atoms with Gasteiger partial charge in [0.1, 0.15) is 0 Å². The third-order valence-electron chi connectivity index (χ3n) is 11.4. The second-order valence-corrected chi connectivity index (χ2v) is 16.0. The predicted octanol–water partition coefficient (Wildman–Crippen LogP) is 14.3. The van der Waals surface area contributed by atoms with E-state index in [0.29, 0.717) is 17.6 Å². The summed E-state index contributed by atoms with van der Waals surface area (Å²) >= 11 is 1.83. The Morgan fingerprint density at radius 3 is 1.71 bits per heavy atom. The quantitative estimate of drug-likeness (QED) is 0.175. The normalized spacial score (nSPS) is 12.3. The van der Waals surface area contributed by atoms with E-state index >= 15 is 0 Å². The Hall–Kier alpha value is -7.67. The van der Waals surface area contributed by atoms with Gasteiger partial charge in [0.05, 0.1) is 22.4 Å². The highest BCUT2D eigenvalue weighted by atomic mass is 32.1. The van der Waals surface area contributed by atoms with Crippen molar-refractivity contribution in [1.82, 2.24) is 19.5 Å². The first kappa shape index (κ1) is 33.5. The highest BCUT2D eigenvalue weighted by Gasteiger charge is 2.26. The van der Waals surface area contributed by atoms with Gasteiger partial charge in [0, 0.05) is 53.3 Å². The average molecular weight is 772 g/mol. The molecule has 59 heavy (non-hydrogen) atoms. The van der Waals surface area contributed by atoms with Crippen molar-refractivity contribution < 1.29 is 0 Å². The van der Waals surface area contributed by atoms with Crippen molar-refractivity contribution >= 4 is 82.8 Å². The number of fused-ring (bicyclic) bond motifs is 8. The maximum absolute atomic E-state index is 5.27. The molecule has 0 saturated carbocycles. The van der Waals surface area contributed by atoms with Gasteiger partial charge < -0.3 is 4.57 Å². The molecule has 8 aromatic carbocycles. The van der Waals surface area contributed by atoms with Crippen molar-refractivity contribution in [2.24, 2.45) is 0 Å². The number of aromatic nitrogens is 4. The van der Waals surface area contributed by atoms with Crippen molar-refractivity contribution in [3.63, 3.8) is 0 Å². The topological polar surface area (TPSA) is 46.8 Å². The Bertz CT molecular complexity index is 3380. The highest BCUT2D eigenvalue weighted by molar-refractivity contribution is 7.25. The highest BCUT2D eigenvalue weighted by Crippen LogP contribution is 2.47. The summed E-state index contributed by atoms with van der Waals surface area (Å²) in [6, 6.07) is 66.6. The van der Waals surface area contributed by atoms with Gasteiger partial charge in [-0.05, 0) is 77.4 Å². The summed E-state index contributed by atoms with van der Waals surface area (Å²) in [7, 11) is 0. The molecule has 1 aliphatic heterocycles. The largest absolute Gasteiger partial charge is 0.309 e. The molecule has 4 heterocycles. The van der Waals surface area contributed by atoms with Crippen LogP contribution in [0, 0.1) is 0 Å². The van der Waals surface area contributed by atoms with Crippen LogP contribution in [-0.2, 0) is 0 Å². The van der Waals surface area contributed by atoms with Gasteiger partial charge in [-0.2, -0.15) is 9.97 Å².